The van der Waals surface area contributed by atoms with Crippen molar-refractivity contribution >= 4 is 5.97 Å². The first-order chi connectivity index (χ1) is 9.22. The van der Waals surface area contributed by atoms with Crippen molar-refractivity contribution in [3.05, 3.63) is 48.0 Å². The number of benzene rings is 1. The van der Waals surface area contributed by atoms with Gasteiger partial charge < -0.3 is 4.74 Å². The maximum absolute atomic E-state index is 11.7. The molecule has 0 radical (unpaired) electrons. The van der Waals surface area contributed by atoms with E-state index in [-0.39, 0.29) is 12.1 Å². The number of esters is 1. The largest absolute Gasteiger partial charge is 0.458 e. The van der Waals surface area contributed by atoms with Crippen LogP contribution in [0.15, 0.2) is 42.5 Å². The summed E-state index contributed by atoms with van der Waals surface area (Å²) in [7, 11) is 0. The highest BCUT2D eigenvalue weighted by Crippen LogP contribution is 2.05. The number of rotatable bonds is 8. The summed E-state index contributed by atoms with van der Waals surface area (Å²) in [5.41, 5.74) is 1.17. The minimum atomic E-state index is -0.128. The number of aryl methyl sites for hydroxylation is 1. The number of carbonyl (C=O) groups excluding carboxylic acids is 1. The van der Waals surface area contributed by atoms with Gasteiger partial charge in [-0.05, 0) is 31.4 Å². The summed E-state index contributed by atoms with van der Waals surface area (Å²) >= 11 is 0. The number of ether oxygens (including phenoxy) is 1. The molecule has 1 unspecified atom stereocenters. The van der Waals surface area contributed by atoms with E-state index in [9.17, 15) is 4.79 Å². The first-order valence-electron chi connectivity index (χ1n) is 7.12. The molecule has 0 aliphatic heterocycles. The first kappa shape index (κ1) is 15.5. The van der Waals surface area contributed by atoms with Gasteiger partial charge in [-0.1, -0.05) is 56.2 Å². The zero-order valence-electron chi connectivity index (χ0n) is 12.0. The standard InChI is InChI=1S/C17H24O2/c1-3-4-5-7-10-15(2)19-17(18)14-13-16-11-8-6-9-12-16/h6-12,15H,3-5,13-14H2,1-2H3/b10-7+. The zero-order chi connectivity index (χ0) is 13.9. The van der Waals surface area contributed by atoms with E-state index < -0.39 is 0 Å². The maximum atomic E-state index is 11.7. The molecule has 1 aromatic rings. The Labute approximate surface area is 116 Å². The minimum absolute atomic E-state index is 0.125. The van der Waals surface area contributed by atoms with E-state index in [0.717, 1.165) is 12.8 Å². The lowest BCUT2D eigenvalue weighted by molar-refractivity contribution is -0.146. The summed E-state index contributed by atoms with van der Waals surface area (Å²) in [6.45, 7) is 4.07. The number of allylic oxidation sites excluding steroid dienone is 1. The van der Waals surface area contributed by atoms with Crippen LogP contribution in [0.25, 0.3) is 0 Å². The summed E-state index contributed by atoms with van der Waals surface area (Å²) < 4.78 is 5.33. The van der Waals surface area contributed by atoms with Crippen molar-refractivity contribution in [3.63, 3.8) is 0 Å². The average molecular weight is 260 g/mol. The Morgan fingerprint density at radius 1 is 1.32 bits per heavy atom. The number of unbranched alkanes of at least 4 members (excludes halogenated alkanes) is 2. The average Bonchev–Trinajstić information content (AvgIpc) is 2.42. The second-order valence-electron chi connectivity index (χ2n) is 4.75. The normalized spacial score (nSPS) is 12.5. The van der Waals surface area contributed by atoms with Gasteiger partial charge in [0.15, 0.2) is 0 Å². The van der Waals surface area contributed by atoms with Gasteiger partial charge >= 0.3 is 5.97 Å². The molecule has 0 aromatic heterocycles. The Hall–Kier alpha value is -1.57. The van der Waals surface area contributed by atoms with Gasteiger partial charge in [0.05, 0.1) is 0 Å². The van der Waals surface area contributed by atoms with Crippen molar-refractivity contribution in [2.24, 2.45) is 0 Å². The molecule has 1 rings (SSSR count). The second kappa shape index (κ2) is 9.37. The monoisotopic (exact) mass is 260 g/mol. The first-order valence-corrected chi connectivity index (χ1v) is 7.12. The highest BCUT2D eigenvalue weighted by Gasteiger charge is 2.06. The van der Waals surface area contributed by atoms with Gasteiger partial charge in [-0.2, -0.15) is 0 Å². The van der Waals surface area contributed by atoms with Crippen molar-refractivity contribution in [3.8, 4) is 0 Å². The van der Waals surface area contributed by atoms with Crippen LogP contribution in [-0.2, 0) is 16.0 Å². The van der Waals surface area contributed by atoms with Crippen molar-refractivity contribution in [2.45, 2.75) is 52.1 Å². The van der Waals surface area contributed by atoms with Crippen LogP contribution in [0.3, 0.4) is 0 Å². The fourth-order valence-corrected chi connectivity index (χ4v) is 1.81. The molecule has 2 nitrogen and oxygen atoms in total. The van der Waals surface area contributed by atoms with Crippen molar-refractivity contribution in [2.75, 3.05) is 0 Å². The summed E-state index contributed by atoms with van der Waals surface area (Å²) in [4.78, 5) is 11.7. The van der Waals surface area contributed by atoms with Crippen LogP contribution in [0.4, 0.5) is 0 Å². The fraction of sp³-hybridized carbons (Fsp3) is 0.471. The molecule has 0 heterocycles. The maximum Gasteiger partial charge on any atom is 0.306 e. The third-order valence-corrected chi connectivity index (χ3v) is 2.91. The summed E-state index contributed by atoms with van der Waals surface area (Å²) in [6.07, 6.45) is 8.56. The third-order valence-electron chi connectivity index (χ3n) is 2.91. The summed E-state index contributed by atoms with van der Waals surface area (Å²) in [5, 5.41) is 0. The summed E-state index contributed by atoms with van der Waals surface area (Å²) in [6, 6.07) is 10.0. The van der Waals surface area contributed by atoms with Gasteiger partial charge in [-0.3, -0.25) is 4.79 Å². The van der Waals surface area contributed by atoms with Crippen LogP contribution in [-0.4, -0.2) is 12.1 Å². The van der Waals surface area contributed by atoms with Gasteiger partial charge in [-0.15, -0.1) is 0 Å². The van der Waals surface area contributed by atoms with Crippen molar-refractivity contribution in [1.82, 2.24) is 0 Å². The SMILES string of the molecule is CCCC/C=C/C(C)OC(=O)CCc1ccccc1. The lowest BCUT2D eigenvalue weighted by atomic mass is 10.1. The molecule has 0 bridgehead atoms. The molecule has 0 fully saturated rings. The lowest BCUT2D eigenvalue weighted by Gasteiger charge is -2.09. The van der Waals surface area contributed by atoms with Crippen LogP contribution in [0.1, 0.15) is 45.1 Å². The van der Waals surface area contributed by atoms with Gasteiger partial charge in [0.1, 0.15) is 6.10 Å². The fourth-order valence-electron chi connectivity index (χ4n) is 1.81. The van der Waals surface area contributed by atoms with E-state index in [1.807, 2.05) is 43.3 Å². The van der Waals surface area contributed by atoms with E-state index in [0.29, 0.717) is 6.42 Å². The molecule has 104 valence electrons. The lowest BCUT2D eigenvalue weighted by Crippen LogP contribution is -2.13. The van der Waals surface area contributed by atoms with Crippen LogP contribution in [0, 0.1) is 0 Å². The highest BCUT2D eigenvalue weighted by molar-refractivity contribution is 5.70. The molecular formula is C17H24O2. The predicted molar refractivity (Wildman–Crippen MR) is 79.0 cm³/mol. The quantitative estimate of drug-likeness (QED) is 0.396. The Kier molecular flexibility index (Phi) is 7.64. The van der Waals surface area contributed by atoms with Crippen molar-refractivity contribution in [1.29, 1.82) is 0 Å². The van der Waals surface area contributed by atoms with E-state index in [4.69, 9.17) is 4.74 Å². The Balaban J connectivity index is 2.21. The van der Waals surface area contributed by atoms with E-state index in [2.05, 4.69) is 13.0 Å². The molecule has 1 atom stereocenters. The summed E-state index contributed by atoms with van der Waals surface area (Å²) in [5.74, 6) is -0.128. The molecule has 2 heteroatoms. The molecule has 0 N–H and O–H groups in total. The topological polar surface area (TPSA) is 26.3 Å². The third kappa shape index (κ3) is 7.45. The van der Waals surface area contributed by atoms with Crippen LogP contribution in [0.2, 0.25) is 0 Å². The number of hydrogen-bond acceptors (Lipinski definition) is 2. The van der Waals surface area contributed by atoms with Crippen LogP contribution >= 0.6 is 0 Å². The van der Waals surface area contributed by atoms with Crippen LogP contribution in [0.5, 0.6) is 0 Å². The molecule has 1 aromatic carbocycles. The van der Waals surface area contributed by atoms with Gasteiger partial charge in [0.2, 0.25) is 0 Å². The number of carbonyl (C=O) groups is 1. The molecule has 0 saturated heterocycles. The number of hydrogen-bond donors (Lipinski definition) is 0. The van der Waals surface area contributed by atoms with E-state index in [1.54, 1.807) is 0 Å². The Bertz CT molecular complexity index is 382. The van der Waals surface area contributed by atoms with Gasteiger partial charge in [-0.25, -0.2) is 0 Å². The van der Waals surface area contributed by atoms with Gasteiger partial charge in [0.25, 0.3) is 0 Å². The van der Waals surface area contributed by atoms with Crippen LogP contribution < -0.4 is 0 Å². The molecule has 0 amide bonds. The van der Waals surface area contributed by atoms with Gasteiger partial charge in [0, 0.05) is 6.42 Å². The second-order valence-corrected chi connectivity index (χ2v) is 4.75. The predicted octanol–water partition coefficient (Wildman–Crippen LogP) is 4.30. The minimum Gasteiger partial charge on any atom is -0.458 e. The molecule has 0 spiro atoms. The molecule has 19 heavy (non-hydrogen) atoms. The van der Waals surface area contributed by atoms with Crippen molar-refractivity contribution < 1.29 is 9.53 Å². The van der Waals surface area contributed by atoms with E-state index in [1.165, 1.54) is 18.4 Å². The Morgan fingerprint density at radius 2 is 2.05 bits per heavy atom. The molecular weight excluding hydrogens is 236 g/mol. The Morgan fingerprint density at radius 3 is 2.74 bits per heavy atom. The molecule has 0 aliphatic rings. The smallest absolute Gasteiger partial charge is 0.306 e. The molecule has 0 aliphatic carbocycles. The molecule has 0 saturated carbocycles. The zero-order valence-corrected chi connectivity index (χ0v) is 12.0. The van der Waals surface area contributed by atoms with E-state index >= 15 is 0 Å². The highest BCUT2D eigenvalue weighted by atomic mass is 16.5.